The SMILES string of the molecule is CCCOc1cccc(-c2nc(=S)n(C)[nH]2)c1. The van der Waals surface area contributed by atoms with Gasteiger partial charge >= 0.3 is 0 Å². The van der Waals surface area contributed by atoms with E-state index in [0.29, 0.717) is 4.77 Å². The largest absolute Gasteiger partial charge is 0.494 e. The molecule has 0 unspecified atom stereocenters. The first-order valence-electron chi connectivity index (χ1n) is 5.57. The first-order chi connectivity index (χ1) is 8.20. The number of ether oxygens (including phenoxy) is 1. The minimum atomic E-state index is 0.542. The Morgan fingerprint density at radius 3 is 2.94 bits per heavy atom. The third-order valence-corrected chi connectivity index (χ3v) is 2.71. The van der Waals surface area contributed by atoms with E-state index in [4.69, 9.17) is 17.0 Å². The zero-order chi connectivity index (χ0) is 12.3. The van der Waals surface area contributed by atoms with E-state index in [1.807, 2.05) is 31.3 Å². The van der Waals surface area contributed by atoms with Crippen molar-refractivity contribution in [1.29, 1.82) is 0 Å². The number of H-pyrrole nitrogens is 1. The van der Waals surface area contributed by atoms with Crippen molar-refractivity contribution in [2.24, 2.45) is 7.05 Å². The van der Waals surface area contributed by atoms with E-state index in [1.54, 1.807) is 4.68 Å². The molecule has 2 aromatic rings. The molecule has 4 nitrogen and oxygen atoms in total. The fourth-order valence-electron chi connectivity index (χ4n) is 1.48. The van der Waals surface area contributed by atoms with Gasteiger partial charge < -0.3 is 4.74 Å². The molecule has 2 rings (SSSR count). The van der Waals surface area contributed by atoms with Gasteiger partial charge in [0.25, 0.3) is 0 Å². The summed E-state index contributed by atoms with van der Waals surface area (Å²) < 4.78 is 7.83. The number of hydrogen-bond acceptors (Lipinski definition) is 3. The molecule has 1 N–H and O–H groups in total. The van der Waals surface area contributed by atoms with Crippen LogP contribution < -0.4 is 4.74 Å². The molecule has 1 aromatic heterocycles. The molecule has 0 aliphatic rings. The number of aryl methyl sites for hydroxylation is 1. The quantitative estimate of drug-likeness (QED) is 0.847. The maximum atomic E-state index is 5.58. The van der Waals surface area contributed by atoms with Crippen LogP contribution in [-0.4, -0.2) is 21.4 Å². The maximum absolute atomic E-state index is 5.58. The average molecular weight is 249 g/mol. The van der Waals surface area contributed by atoms with Crippen LogP contribution in [0.2, 0.25) is 0 Å². The van der Waals surface area contributed by atoms with Gasteiger partial charge in [0.05, 0.1) is 6.61 Å². The molecule has 0 saturated heterocycles. The summed E-state index contributed by atoms with van der Waals surface area (Å²) in [5, 5.41) is 3.09. The highest BCUT2D eigenvalue weighted by Crippen LogP contribution is 2.20. The fraction of sp³-hybridized carbons (Fsp3) is 0.333. The Morgan fingerprint density at radius 2 is 2.29 bits per heavy atom. The van der Waals surface area contributed by atoms with Crippen LogP contribution in [0, 0.1) is 4.77 Å². The van der Waals surface area contributed by atoms with Gasteiger partial charge in [-0.25, -0.2) is 0 Å². The topological polar surface area (TPSA) is 42.8 Å². The van der Waals surface area contributed by atoms with Crippen molar-refractivity contribution in [3.63, 3.8) is 0 Å². The summed E-state index contributed by atoms with van der Waals surface area (Å²) in [6, 6.07) is 7.83. The van der Waals surface area contributed by atoms with Gasteiger partial charge in [-0.3, -0.25) is 9.78 Å². The molecule has 0 atom stereocenters. The van der Waals surface area contributed by atoms with E-state index in [1.165, 1.54) is 0 Å². The molecule has 17 heavy (non-hydrogen) atoms. The Kier molecular flexibility index (Phi) is 3.58. The molecule has 1 aromatic carbocycles. The molecule has 0 aliphatic carbocycles. The minimum Gasteiger partial charge on any atom is -0.494 e. The van der Waals surface area contributed by atoms with Crippen LogP contribution in [0.3, 0.4) is 0 Å². The van der Waals surface area contributed by atoms with Crippen molar-refractivity contribution < 1.29 is 4.74 Å². The van der Waals surface area contributed by atoms with Gasteiger partial charge in [-0.1, -0.05) is 19.1 Å². The van der Waals surface area contributed by atoms with Gasteiger partial charge in [0.15, 0.2) is 5.82 Å². The lowest BCUT2D eigenvalue weighted by molar-refractivity contribution is 0.317. The van der Waals surface area contributed by atoms with Gasteiger partial charge in [-0.2, -0.15) is 4.98 Å². The maximum Gasteiger partial charge on any atom is 0.216 e. The number of rotatable bonds is 4. The van der Waals surface area contributed by atoms with E-state index in [0.717, 1.165) is 30.2 Å². The van der Waals surface area contributed by atoms with Crippen molar-refractivity contribution in [2.75, 3.05) is 6.61 Å². The summed E-state index contributed by atoms with van der Waals surface area (Å²) >= 11 is 5.07. The second-order valence-electron chi connectivity index (χ2n) is 3.79. The number of hydrogen-bond donors (Lipinski definition) is 1. The average Bonchev–Trinajstić information content (AvgIpc) is 2.68. The first kappa shape index (κ1) is 11.9. The molecular weight excluding hydrogens is 234 g/mol. The van der Waals surface area contributed by atoms with Crippen LogP contribution in [0.15, 0.2) is 24.3 Å². The molecule has 0 radical (unpaired) electrons. The predicted octanol–water partition coefficient (Wildman–Crippen LogP) is 2.93. The smallest absolute Gasteiger partial charge is 0.216 e. The van der Waals surface area contributed by atoms with E-state index >= 15 is 0 Å². The lowest BCUT2D eigenvalue weighted by Crippen LogP contribution is -1.95. The van der Waals surface area contributed by atoms with Crippen molar-refractivity contribution in [3.05, 3.63) is 29.0 Å². The van der Waals surface area contributed by atoms with Crippen LogP contribution in [0.25, 0.3) is 11.4 Å². The molecule has 0 amide bonds. The number of aromatic amines is 1. The standard InChI is InChI=1S/C12H15N3OS/c1-3-7-16-10-6-4-5-9(8-10)11-13-12(17)15(2)14-11/h4-6,8H,3,7H2,1-2H3,(H,13,14,17). The highest BCUT2D eigenvalue weighted by molar-refractivity contribution is 7.71. The summed E-state index contributed by atoms with van der Waals surface area (Å²) in [5.41, 5.74) is 0.977. The zero-order valence-corrected chi connectivity index (χ0v) is 10.8. The Balaban J connectivity index is 2.29. The van der Waals surface area contributed by atoms with Gasteiger partial charge in [0, 0.05) is 12.6 Å². The molecule has 0 spiro atoms. The van der Waals surface area contributed by atoms with Gasteiger partial charge in [-0.15, -0.1) is 0 Å². The molecule has 0 fully saturated rings. The second-order valence-corrected chi connectivity index (χ2v) is 4.16. The van der Waals surface area contributed by atoms with Crippen LogP contribution >= 0.6 is 12.2 Å². The lowest BCUT2D eigenvalue weighted by atomic mass is 10.2. The Bertz CT molecular complexity index is 559. The summed E-state index contributed by atoms with van der Waals surface area (Å²) in [6.07, 6.45) is 0.996. The molecule has 5 heteroatoms. The lowest BCUT2D eigenvalue weighted by Gasteiger charge is -2.05. The van der Waals surface area contributed by atoms with Gasteiger partial charge in [0.2, 0.25) is 4.77 Å². The van der Waals surface area contributed by atoms with Crippen LogP contribution in [0.5, 0.6) is 5.75 Å². The number of nitrogens with zero attached hydrogens (tertiary/aromatic N) is 2. The number of benzene rings is 1. The van der Waals surface area contributed by atoms with E-state index in [-0.39, 0.29) is 0 Å². The third kappa shape index (κ3) is 2.74. The van der Waals surface area contributed by atoms with E-state index in [9.17, 15) is 0 Å². The zero-order valence-electron chi connectivity index (χ0n) is 9.93. The number of aromatic nitrogens is 3. The summed E-state index contributed by atoms with van der Waals surface area (Å²) in [7, 11) is 1.84. The fourth-order valence-corrected chi connectivity index (χ4v) is 1.62. The van der Waals surface area contributed by atoms with E-state index < -0.39 is 0 Å². The first-order valence-corrected chi connectivity index (χ1v) is 5.98. The van der Waals surface area contributed by atoms with Crippen molar-refractivity contribution in [2.45, 2.75) is 13.3 Å². The molecule has 0 bridgehead atoms. The van der Waals surface area contributed by atoms with Crippen molar-refractivity contribution in [1.82, 2.24) is 14.8 Å². The molecular formula is C12H15N3OS. The van der Waals surface area contributed by atoms with E-state index in [2.05, 4.69) is 17.0 Å². The van der Waals surface area contributed by atoms with Crippen LogP contribution in [-0.2, 0) is 7.05 Å². The van der Waals surface area contributed by atoms with Crippen LogP contribution in [0.1, 0.15) is 13.3 Å². The third-order valence-electron chi connectivity index (χ3n) is 2.35. The minimum absolute atomic E-state index is 0.542. The summed E-state index contributed by atoms with van der Waals surface area (Å²) in [5.74, 6) is 1.62. The summed E-state index contributed by atoms with van der Waals surface area (Å²) in [4.78, 5) is 4.27. The Hall–Kier alpha value is -1.62. The molecule has 1 heterocycles. The number of nitrogens with one attached hydrogen (secondary N) is 1. The Morgan fingerprint density at radius 1 is 1.47 bits per heavy atom. The molecule has 0 saturated carbocycles. The highest BCUT2D eigenvalue weighted by Gasteiger charge is 2.04. The molecule has 90 valence electrons. The highest BCUT2D eigenvalue weighted by atomic mass is 32.1. The van der Waals surface area contributed by atoms with Gasteiger partial charge in [-0.05, 0) is 30.8 Å². The normalized spacial score (nSPS) is 10.5. The Labute approximate surface area is 105 Å². The molecule has 0 aliphatic heterocycles. The second kappa shape index (κ2) is 5.14. The van der Waals surface area contributed by atoms with Crippen LogP contribution in [0.4, 0.5) is 0 Å². The van der Waals surface area contributed by atoms with Crippen molar-refractivity contribution in [3.8, 4) is 17.1 Å². The van der Waals surface area contributed by atoms with Gasteiger partial charge in [0.1, 0.15) is 5.75 Å². The predicted molar refractivity (Wildman–Crippen MR) is 69.6 cm³/mol. The summed E-state index contributed by atoms with van der Waals surface area (Å²) in [6.45, 7) is 2.81. The monoisotopic (exact) mass is 249 g/mol. The van der Waals surface area contributed by atoms with Crippen molar-refractivity contribution >= 4 is 12.2 Å².